The Hall–Kier alpha value is -2.56. The van der Waals surface area contributed by atoms with Crippen LogP contribution in [-0.2, 0) is 0 Å². The fraction of sp³-hybridized carbons (Fsp3) is 0.250. The van der Waals surface area contributed by atoms with Crippen molar-refractivity contribution < 1.29 is 31.8 Å². The van der Waals surface area contributed by atoms with Crippen LogP contribution in [0.1, 0.15) is 11.6 Å². The first-order chi connectivity index (χ1) is 14.9. The lowest BCUT2D eigenvalue weighted by molar-refractivity contribution is -0.258. The molecule has 3 aromatic rings. The molecule has 2 atom stereocenters. The van der Waals surface area contributed by atoms with Crippen LogP contribution >= 0.6 is 23.2 Å². The van der Waals surface area contributed by atoms with E-state index in [1.54, 1.807) is 0 Å². The molecule has 2 aromatic carbocycles. The molecule has 2 N–H and O–H groups in total. The maximum absolute atomic E-state index is 14.4. The highest BCUT2D eigenvalue weighted by molar-refractivity contribution is 6.30. The van der Waals surface area contributed by atoms with Crippen molar-refractivity contribution in [3.8, 4) is 5.75 Å². The van der Waals surface area contributed by atoms with E-state index in [0.29, 0.717) is 10.1 Å². The fourth-order valence-electron chi connectivity index (χ4n) is 3.23. The zero-order chi connectivity index (χ0) is 23.8. The van der Waals surface area contributed by atoms with Crippen molar-refractivity contribution >= 4 is 34.1 Å². The number of aromatic nitrogens is 1. The van der Waals surface area contributed by atoms with Gasteiger partial charge in [0.1, 0.15) is 11.9 Å². The topological polar surface area (TPSA) is 63.5 Å². The zero-order valence-corrected chi connectivity index (χ0v) is 17.7. The largest absolute Gasteiger partial charge is 0.493 e. The lowest BCUT2D eigenvalue weighted by Gasteiger charge is -2.38. The van der Waals surface area contributed by atoms with Crippen LogP contribution in [-0.4, -0.2) is 34.5 Å². The summed E-state index contributed by atoms with van der Waals surface area (Å²) in [6.45, 7) is 0. The zero-order valence-electron chi connectivity index (χ0n) is 16.2. The third-order valence-corrected chi connectivity index (χ3v) is 5.47. The van der Waals surface area contributed by atoms with Crippen molar-refractivity contribution in [2.24, 2.45) is 0 Å². The van der Waals surface area contributed by atoms with Gasteiger partial charge in [-0.2, -0.15) is 13.2 Å². The highest BCUT2D eigenvalue weighted by Crippen LogP contribution is 2.45. The quantitative estimate of drug-likeness (QED) is 0.381. The van der Waals surface area contributed by atoms with Gasteiger partial charge in [-0.05, 0) is 30.3 Å². The molecule has 0 saturated carbocycles. The molecule has 1 aromatic heterocycles. The Kier molecular flexibility index (Phi) is 6.60. The summed E-state index contributed by atoms with van der Waals surface area (Å²) in [5, 5.41) is 10.6. The van der Waals surface area contributed by atoms with Gasteiger partial charge in [-0.15, -0.1) is 11.6 Å². The number of aliphatic hydroxyl groups is 1. The van der Waals surface area contributed by atoms with E-state index in [9.17, 15) is 31.9 Å². The first-order valence-corrected chi connectivity index (χ1v) is 9.80. The third kappa shape index (κ3) is 4.22. The summed E-state index contributed by atoms with van der Waals surface area (Å²) < 4.78 is 75.7. The molecule has 3 rings (SSSR count). The molecule has 0 amide bonds. The number of hydrogen-bond acceptors (Lipinski definition) is 4. The number of benzene rings is 2. The van der Waals surface area contributed by atoms with E-state index in [2.05, 4.69) is 5.43 Å². The predicted molar refractivity (Wildman–Crippen MR) is 110 cm³/mol. The van der Waals surface area contributed by atoms with E-state index in [1.807, 2.05) is 0 Å². The van der Waals surface area contributed by atoms with Gasteiger partial charge < -0.3 is 15.3 Å². The Bertz CT molecular complexity index is 1220. The van der Waals surface area contributed by atoms with Gasteiger partial charge in [0.05, 0.1) is 18.5 Å². The molecule has 2 unspecified atom stereocenters. The van der Waals surface area contributed by atoms with Crippen molar-refractivity contribution in [2.75, 3.05) is 18.4 Å². The summed E-state index contributed by atoms with van der Waals surface area (Å²) in [5.41, 5.74) is -3.08. The highest BCUT2D eigenvalue weighted by atomic mass is 35.5. The number of ether oxygens (including phenoxy) is 1. The molecule has 0 aliphatic rings. The van der Waals surface area contributed by atoms with Crippen LogP contribution in [0.25, 0.3) is 10.9 Å². The monoisotopic (exact) mass is 496 g/mol. The number of nitrogens with one attached hydrogen (secondary N) is 1. The Morgan fingerprint density at radius 1 is 1.16 bits per heavy atom. The number of nitrogens with zero attached hydrogens (tertiary/aromatic N) is 1. The Labute approximate surface area is 187 Å². The minimum atomic E-state index is -5.35. The standard InChI is InChI=1S/C20H15Cl2F5N2O3/c1-32-17-13(6-11(22)7-14(17)24)18(19(31,9-21)20(25,26)27)28-29-15-8-12(23)4-2-10(15)3-5-16(29)30/h2-8,18,28,31H,9H2,1H3. The van der Waals surface area contributed by atoms with Gasteiger partial charge in [0.15, 0.2) is 17.2 Å². The van der Waals surface area contributed by atoms with Crippen LogP contribution in [0.2, 0.25) is 5.02 Å². The number of methoxy groups -OCH3 is 1. The molecule has 172 valence electrons. The van der Waals surface area contributed by atoms with E-state index < -0.39 is 52.2 Å². The number of fused-ring (bicyclic) bond motifs is 1. The first-order valence-electron chi connectivity index (χ1n) is 8.89. The molecule has 0 spiro atoms. The van der Waals surface area contributed by atoms with Crippen LogP contribution in [0.3, 0.4) is 0 Å². The average Bonchev–Trinajstić information content (AvgIpc) is 2.71. The van der Waals surface area contributed by atoms with Crippen LogP contribution in [0, 0.1) is 11.6 Å². The van der Waals surface area contributed by atoms with Crippen molar-refractivity contribution in [1.82, 2.24) is 4.68 Å². The van der Waals surface area contributed by atoms with E-state index >= 15 is 0 Å². The molecule has 0 bridgehead atoms. The summed E-state index contributed by atoms with van der Waals surface area (Å²) in [6, 6.07) is 5.09. The predicted octanol–water partition coefficient (Wildman–Crippen LogP) is 4.76. The average molecular weight is 497 g/mol. The summed E-state index contributed by atoms with van der Waals surface area (Å²) in [4.78, 5) is 12.5. The molecule has 1 heterocycles. The number of alkyl halides is 4. The van der Waals surface area contributed by atoms with Gasteiger partial charge in [-0.25, -0.2) is 13.5 Å². The molecule has 0 saturated heterocycles. The Morgan fingerprint density at radius 3 is 2.41 bits per heavy atom. The molecule has 32 heavy (non-hydrogen) atoms. The van der Waals surface area contributed by atoms with E-state index in [4.69, 9.17) is 27.9 Å². The number of rotatable bonds is 6. The summed E-state index contributed by atoms with van der Waals surface area (Å²) in [7, 11) is 1.000. The second kappa shape index (κ2) is 8.76. The Balaban J connectivity index is 2.34. The molecule has 0 aliphatic heterocycles. The van der Waals surface area contributed by atoms with E-state index in [0.717, 1.165) is 37.4 Å². The molecular weight excluding hydrogens is 482 g/mol. The van der Waals surface area contributed by atoms with Gasteiger partial charge in [0, 0.05) is 28.1 Å². The molecule has 12 heteroatoms. The SMILES string of the molecule is COc1c(F)cc(Cl)cc1C(Nn1c(=O)ccc2ccc(F)cc21)C(O)(CCl)C(F)(F)F. The van der Waals surface area contributed by atoms with Gasteiger partial charge in [-0.3, -0.25) is 4.79 Å². The van der Waals surface area contributed by atoms with Crippen LogP contribution in [0.15, 0.2) is 47.3 Å². The highest BCUT2D eigenvalue weighted by Gasteiger charge is 2.60. The number of hydrogen-bond donors (Lipinski definition) is 2. The van der Waals surface area contributed by atoms with Crippen LogP contribution in [0.5, 0.6) is 5.75 Å². The smallest absolute Gasteiger partial charge is 0.420 e. The summed E-state index contributed by atoms with van der Waals surface area (Å²) >= 11 is 11.4. The van der Waals surface area contributed by atoms with E-state index in [-0.39, 0.29) is 10.5 Å². The minimum absolute atomic E-state index is 0.136. The summed E-state index contributed by atoms with van der Waals surface area (Å²) in [5.74, 6) is -3.96. The molecule has 0 fully saturated rings. The summed E-state index contributed by atoms with van der Waals surface area (Å²) in [6.07, 6.45) is -5.35. The lowest BCUT2D eigenvalue weighted by atomic mass is 9.89. The fourth-order valence-corrected chi connectivity index (χ4v) is 3.75. The maximum atomic E-state index is 14.4. The van der Waals surface area contributed by atoms with Crippen molar-refractivity contribution in [1.29, 1.82) is 0 Å². The maximum Gasteiger partial charge on any atom is 0.420 e. The number of halogens is 7. The van der Waals surface area contributed by atoms with E-state index in [1.165, 1.54) is 12.1 Å². The van der Waals surface area contributed by atoms with Crippen LogP contribution in [0.4, 0.5) is 22.0 Å². The Morgan fingerprint density at radius 2 is 1.81 bits per heavy atom. The molecule has 0 aliphatic carbocycles. The molecule has 5 nitrogen and oxygen atoms in total. The second-order valence-corrected chi connectivity index (χ2v) is 7.54. The first kappa shape index (κ1) is 24.1. The van der Waals surface area contributed by atoms with Crippen LogP contribution < -0.4 is 15.7 Å². The van der Waals surface area contributed by atoms with Crippen molar-refractivity contribution in [2.45, 2.75) is 17.8 Å². The van der Waals surface area contributed by atoms with Crippen molar-refractivity contribution in [3.05, 3.63) is 75.0 Å². The van der Waals surface area contributed by atoms with Crippen molar-refractivity contribution in [3.63, 3.8) is 0 Å². The van der Waals surface area contributed by atoms with Gasteiger partial charge >= 0.3 is 6.18 Å². The lowest BCUT2D eigenvalue weighted by Crippen LogP contribution is -2.56. The molecular formula is C20H15Cl2F5N2O3. The minimum Gasteiger partial charge on any atom is -0.493 e. The normalized spacial score (nSPS) is 14.8. The third-order valence-electron chi connectivity index (χ3n) is 4.84. The number of pyridine rings is 1. The van der Waals surface area contributed by atoms with Gasteiger partial charge in [0.25, 0.3) is 5.56 Å². The van der Waals surface area contributed by atoms with Gasteiger partial charge in [-0.1, -0.05) is 11.6 Å². The molecule has 0 radical (unpaired) electrons. The second-order valence-electron chi connectivity index (χ2n) is 6.84. The van der Waals surface area contributed by atoms with Gasteiger partial charge in [0.2, 0.25) is 0 Å².